The van der Waals surface area contributed by atoms with E-state index >= 15 is 0 Å². The van der Waals surface area contributed by atoms with Crippen molar-refractivity contribution in [3.05, 3.63) is 109 Å². The lowest BCUT2D eigenvalue weighted by molar-refractivity contribution is -0.160. The molecule has 37 heteroatoms. The molecular formula is C84H135N3O28S6. The molecule has 0 saturated carbocycles. The van der Waals surface area contributed by atoms with Gasteiger partial charge in [0.15, 0.2) is 0 Å². The zero-order valence-corrected chi connectivity index (χ0v) is 77.4. The molecule has 690 valence electrons. The molecule has 121 heavy (non-hydrogen) atoms. The number of thioether (sulfide) groups is 1. The van der Waals surface area contributed by atoms with E-state index in [9.17, 15) is 29.2 Å². The highest BCUT2D eigenvalue weighted by atomic mass is 33.1. The number of aromatic nitrogens is 2. The summed E-state index contributed by atoms with van der Waals surface area (Å²) in [6, 6.07) is 23.1. The number of hydrogen-bond acceptors (Lipinski definition) is 36. The molecule has 1 N–H and O–H groups in total. The molecule has 1 aromatic carbocycles. The molecule has 0 saturated heterocycles. The van der Waals surface area contributed by atoms with E-state index in [2.05, 4.69) is 29.2 Å². The van der Waals surface area contributed by atoms with Gasteiger partial charge in [0, 0.05) is 55.7 Å². The maximum atomic E-state index is 12.9. The van der Waals surface area contributed by atoms with Gasteiger partial charge in [-0.3, -0.25) is 14.4 Å². The summed E-state index contributed by atoms with van der Waals surface area (Å²) in [5.74, 6) is -0.808. The van der Waals surface area contributed by atoms with Gasteiger partial charge in [0.2, 0.25) is 0 Å². The van der Waals surface area contributed by atoms with Gasteiger partial charge in [-0.15, -0.1) is 0 Å². The Balaban J connectivity index is 0.00000178. The highest BCUT2D eigenvalue weighted by Gasteiger charge is 2.38. The molecule has 0 amide bonds. The van der Waals surface area contributed by atoms with E-state index in [-0.39, 0.29) is 50.6 Å². The van der Waals surface area contributed by atoms with E-state index in [0.717, 1.165) is 21.4 Å². The minimum absolute atomic E-state index is 0.0333. The first kappa shape index (κ1) is 116. The smallest absolute Gasteiger partial charge is 0.333 e. The van der Waals surface area contributed by atoms with E-state index in [0.29, 0.717) is 272 Å². The van der Waals surface area contributed by atoms with E-state index in [1.165, 1.54) is 11.8 Å². The Kier molecular flexibility index (Phi) is 79.7. The van der Waals surface area contributed by atoms with Crippen LogP contribution in [0, 0.1) is 22.2 Å². The van der Waals surface area contributed by atoms with Gasteiger partial charge in [-0.2, -0.15) is 5.26 Å². The first-order valence-electron chi connectivity index (χ1n) is 40.1. The largest absolute Gasteiger partial charge is 0.481 e. The summed E-state index contributed by atoms with van der Waals surface area (Å²) in [7, 11) is 9.60. The number of ether oxygens (including phenoxy) is 22. The van der Waals surface area contributed by atoms with E-state index < -0.39 is 27.5 Å². The average molecular weight is 1830 g/mol. The van der Waals surface area contributed by atoms with Gasteiger partial charge < -0.3 is 109 Å². The van der Waals surface area contributed by atoms with Crippen LogP contribution in [0.25, 0.3) is 0 Å². The number of nitrogens with zero attached hydrogens (tertiary/aromatic N) is 3. The Bertz CT molecular complexity index is 3080. The molecule has 3 rings (SSSR count). The second-order valence-corrected chi connectivity index (χ2v) is 33.4. The first-order valence-corrected chi connectivity index (χ1v) is 46.0. The van der Waals surface area contributed by atoms with Crippen molar-refractivity contribution in [2.45, 2.75) is 95.4 Å². The Labute approximate surface area is 743 Å². The number of carbonyl (C=O) groups excluding carboxylic acids is 4. The third-order valence-corrected chi connectivity index (χ3v) is 21.7. The van der Waals surface area contributed by atoms with Crippen molar-refractivity contribution in [3.8, 4) is 6.07 Å². The summed E-state index contributed by atoms with van der Waals surface area (Å²) in [6.45, 7) is 37.3. The quantitative estimate of drug-likeness (QED) is 0.0137. The number of methoxy groups -OCH3 is 2. The second-order valence-electron chi connectivity index (χ2n) is 26.3. The molecule has 2 heterocycles. The minimum Gasteiger partial charge on any atom is -0.481 e. The molecular weight excluding hydrogens is 1690 g/mol. The van der Waals surface area contributed by atoms with Gasteiger partial charge in [0.05, 0.1) is 246 Å². The van der Waals surface area contributed by atoms with Gasteiger partial charge in [-0.1, -0.05) is 108 Å². The third-order valence-electron chi connectivity index (χ3n) is 15.6. The molecule has 0 bridgehead atoms. The van der Waals surface area contributed by atoms with Crippen LogP contribution in [0.1, 0.15) is 86.1 Å². The van der Waals surface area contributed by atoms with Gasteiger partial charge in [-0.05, 0) is 119 Å². The fourth-order valence-corrected chi connectivity index (χ4v) is 13.3. The topological polar surface area (TPSA) is 358 Å². The number of hydrogen-bond donors (Lipinski definition) is 1. The van der Waals surface area contributed by atoms with Crippen LogP contribution in [0.3, 0.4) is 0 Å². The van der Waals surface area contributed by atoms with Crippen LogP contribution in [0.4, 0.5) is 0 Å². The van der Waals surface area contributed by atoms with Gasteiger partial charge in [0.1, 0.15) is 41.2 Å². The second kappa shape index (κ2) is 83.2. The molecule has 0 aliphatic heterocycles. The lowest BCUT2D eigenvalue weighted by Gasteiger charge is -2.30. The molecule has 0 aliphatic carbocycles. The number of benzene rings is 1. The van der Waals surface area contributed by atoms with E-state index in [1.54, 1.807) is 90.6 Å². The predicted molar refractivity (Wildman–Crippen MR) is 473 cm³/mol. The van der Waals surface area contributed by atoms with Crippen LogP contribution in [0.15, 0.2) is 113 Å². The number of carboxylic acids is 1. The molecule has 31 nitrogen and oxygen atoms in total. The Morgan fingerprint density at radius 3 is 1.01 bits per heavy atom. The Hall–Kier alpha value is -5.04. The Morgan fingerprint density at radius 1 is 0.413 bits per heavy atom. The molecule has 2 unspecified atom stereocenters. The monoisotopic (exact) mass is 1830 g/mol. The number of thiocarbonyl (C=S) groups is 1. The molecule has 2 aromatic heterocycles. The number of nitriles is 1. The van der Waals surface area contributed by atoms with Crippen molar-refractivity contribution in [1.29, 1.82) is 5.26 Å². The van der Waals surface area contributed by atoms with Crippen LogP contribution >= 0.6 is 67.2 Å². The zero-order valence-electron chi connectivity index (χ0n) is 72.5. The van der Waals surface area contributed by atoms with E-state index in [1.807, 2.05) is 94.4 Å². The lowest BCUT2D eigenvalue weighted by atomic mass is 9.76. The number of aliphatic carboxylic acids is 1. The van der Waals surface area contributed by atoms with Crippen LogP contribution in [0.5, 0.6) is 0 Å². The number of carboxylic acid groups (broad SMARTS) is 1. The van der Waals surface area contributed by atoms with E-state index in [4.69, 9.17) is 122 Å². The fraction of sp³-hybridized carbons (Fsp3) is 0.679. The third kappa shape index (κ3) is 73.8. The summed E-state index contributed by atoms with van der Waals surface area (Å²) in [6.07, 6.45) is 5.35. The standard InChI is InChI=1S/C37H65NO13S2.C23H44O11.C13H13NO2S2.C11H13NO2S2/c1-6-37(4,11-10-36(2,3)34(39)51-31-32-52-53-33-9-7-8-12-38-33)35(40)50-30-29-49-28-27-48-26-25-47-24-23-46-22-21-45-20-19-44-18-17-43-16-15-42-14-13-41-5;1-22(2)23(24)34-21-20-33-19-18-32-17-16-31-15-14-30-13-12-29-11-10-28-9-8-27-7-6-26-5-4-25-3;1-13(9-14,8-7-11(15)16)18-12(17)10-5-3-2-4-6-10;1-9(2)11(13)14-7-8-15-16-10-5-3-4-6-12-10/h7-9,12H,6,10-11,13-32H2,1-5H3;1,4-21H2,2-3H3;2-6H,7-8H2,1H3,(H,15,16);3-6H,1,7-8H2,2H3. The molecule has 0 radical (unpaired) electrons. The molecule has 0 aliphatic rings. The van der Waals surface area contributed by atoms with Crippen molar-refractivity contribution in [2.75, 3.05) is 277 Å². The van der Waals surface area contributed by atoms with Crippen molar-refractivity contribution < 1.29 is 133 Å². The first-order chi connectivity index (χ1) is 58.6. The van der Waals surface area contributed by atoms with Crippen molar-refractivity contribution in [2.24, 2.45) is 10.8 Å². The molecule has 0 fully saturated rings. The highest BCUT2D eigenvalue weighted by molar-refractivity contribution is 8.77. The zero-order chi connectivity index (χ0) is 89.1. The molecule has 3 aromatic rings. The SMILES string of the molecule is C=C(C)C(=O)OCCOCCOCCOCCOCCOCCOCCOCCOCCOC.C=C(C)C(=O)OCCSSc1ccccn1.CC(C#N)(CCC(=O)O)SC(=S)c1ccccc1.CCC(C)(CCC(C)(C)C(=O)OCCSSc1ccccn1)C(=O)OCCOCCOCCOCCOCCOCCOCCOCCOCCOC. The number of rotatable bonds is 77. The molecule has 2 atom stereocenters. The summed E-state index contributed by atoms with van der Waals surface area (Å²) < 4.78 is 117. The van der Waals surface area contributed by atoms with Crippen molar-refractivity contribution in [1.82, 2.24) is 9.97 Å². The van der Waals surface area contributed by atoms with Crippen LogP contribution < -0.4 is 0 Å². The highest BCUT2D eigenvalue weighted by Crippen LogP contribution is 2.37. The number of pyridine rings is 2. The lowest BCUT2D eigenvalue weighted by Crippen LogP contribution is -2.34. The van der Waals surface area contributed by atoms with Crippen LogP contribution in [0.2, 0.25) is 0 Å². The van der Waals surface area contributed by atoms with Crippen molar-refractivity contribution in [3.63, 3.8) is 0 Å². The predicted octanol–water partition coefficient (Wildman–Crippen LogP) is 12.0. The summed E-state index contributed by atoms with van der Waals surface area (Å²) in [4.78, 5) is 66.8. The maximum absolute atomic E-state index is 12.9. The number of carbonyl (C=O) groups is 5. The molecule has 0 spiro atoms. The normalized spacial score (nSPS) is 12.0. The average Bonchev–Trinajstić information content (AvgIpc) is 0.832. The van der Waals surface area contributed by atoms with Crippen LogP contribution in [-0.4, -0.2) is 331 Å². The van der Waals surface area contributed by atoms with Crippen molar-refractivity contribution >= 4 is 101 Å². The summed E-state index contributed by atoms with van der Waals surface area (Å²) in [5.41, 5.74) is 0.262. The Morgan fingerprint density at radius 2 is 0.711 bits per heavy atom. The van der Waals surface area contributed by atoms with Gasteiger partial charge in [-0.25, -0.2) is 19.6 Å². The summed E-state index contributed by atoms with van der Waals surface area (Å²) >= 11 is 6.53. The summed E-state index contributed by atoms with van der Waals surface area (Å²) in [5, 5.41) is 19.7. The number of esters is 4. The minimum atomic E-state index is -0.900. The maximum Gasteiger partial charge on any atom is 0.333 e. The van der Waals surface area contributed by atoms with Crippen LogP contribution in [-0.2, 0) is 128 Å². The fourth-order valence-electron chi connectivity index (χ4n) is 8.33. The van der Waals surface area contributed by atoms with Gasteiger partial charge >= 0.3 is 29.8 Å². The van der Waals surface area contributed by atoms with Gasteiger partial charge in [0.25, 0.3) is 0 Å².